The molecule has 1 heterocycles. The van der Waals surface area contributed by atoms with Gasteiger partial charge in [0, 0.05) is 12.5 Å². The standard InChI is InChI=1S/C11H14N4O3/c1-17-8-3-4-10(18-2)9(7-8)15-13-11(5-6-16)12-14-15/h3-4,7,16H,5-6H2,1-2H3. The van der Waals surface area contributed by atoms with Gasteiger partial charge in [0.2, 0.25) is 0 Å². The minimum atomic E-state index is -0.0130. The predicted molar refractivity (Wildman–Crippen MR) is 63.0 cm³/mol. The SMILES string of the molecule is COc1ccc(OC)c(-n2nnc(CCO)n2)c1. The number of ether oxygens (including phenoxy) is 2. The molecular weight excluding hydrogens is 236 g/mol. The molecule has 0 radical (unpaired) electrons. The lowest BCUT2D eigenvalue weighted by atomic mass is 10.3. The van der Waals surface area contributed by atoms with Gasteiger partial charge in [0.15, 0.2) is 5.82 Å². The monoisotopic (exact) mass is 250 g/mol. The molecule has 2 rings (SSSR count). The Bertz CT molecular complexity index is 527. The maximum atomic E-state index is 8.82. The molecule has 0 aliphatic carbocycles. The highest BCUT2D eigenvalue weighted by molar-refractivity contribution is 5.49. The van der Waals surface area contributed by atoms with Crippen LogP contribution in [0.1, 0.15) is 5.82 Å². The number of nitrogens with zero attached hydrogens (tertiary/aromatic N) is 4. The summed E-state index contributed by atoms with van der Waals surface area (Å²) in [4.78, 5) is 1.35. The number of aliphatic hydroxyl groups is 1. The molecule has 7 heteroatoms. The van der Waals surface area contributed by atoms with Crippen LogP contribution in [0.3, 0.4) is 0 Å². The Morgan fingerprint density at radius 3 is 2.78 bits per heavy atom. The summed E-state index contributed by atoms with van der Waals surface area (Å²) >= 11 is 0. The van der Waals surface area contributed by atoms with Crippen LogP contribution in [0, 0.1) is 0 Å². The van der Waals surface area contributed by atoms with E-state index in [0.717, 1.165) is 0 Å². The van der Waals surface area contributed by atoms with E-state index in [-0.39, 0.29) is 6.61 Å². The number of aliphatic hydroxyl groups excluding tert-OH is 1. The fourth-order valence-electron chi connectivity index (χ4n) is 1.50. The van der Waals surface area contributed by atoms with E-state index in [1.165, 1.54) is 4.80 Å². The Morgan fingerprint density at radius 1 is 1.28 bits per heavy atom. The third-order valence-corrected chi connectivity index (χ3v) is 2.39. The van der Waals surface area contributed by atoms with Gasteiger partial charge >= 0.3 is 0 Å². The number of hydrogen-bond acceptors (Lipinski definition) is 6. The van der Waals surface area contributed by atoms with Crippen molar-refractivity contribution in [2.24, 2.45) is 0 Å². The maximum absolute atomic E-state index is 8.82. The fourth-order valence-corrected chi connectivity index (χ4v) is 1.50. The van der Waals surface area contributed by atoms with Crippen molar-refractivity contribution in [2.75, 3.05) is 20.8 Å². The van der Waals surface area contributed by atoms with E-state index >= 15 is 0 Å². The topological polar surface area (TPSA) is 82.3 Å². The molecule has 0 amide bonds. The lowest BCUT2D eigenvalue weighted by molar-refractivity contribution is 0.296. The first-order valence-electron chi connectivity index (χ1n) is 5.40. The van der Waals surface area contributed by atoms with Gasteiger partial charge in [-0.25, -0.2) is 0 Å². The van der Waals surface area contributed by atoms with E-state index in [1.54, 1.807) is 32.4 Å². The fraction of sp³-hybridized carbons (Fsp3) is 0.364. The van der Waals surface area contributed by atoms with Gasteiger partial charge < -0.3 is 14.6 Å². The first-order chi connectivity index (χ1) is 8.78. The largest absolute Gasteiger partial charge is 0.497 e. The molecule has 0 spiro atoms. The number of methoxy groups -OCH3 is 2. The van der Waals surface area contributed by atoms with Crippen LogP contribution >= 0.6 is 0 Å². The van der Waals surface area contributed by atoms with Crippen molar-refractivity contribution in [3.05, 3.63) is 24.0 Å². The second kappa shape index (κ2) is 5.46. The molecule has 1 N–H and O–H groups in total. The van der Waals surface area contributed by atoms with Crippen LogP contribution in [0.4, 0.5) is 0 Å². The van der Waals surface area contributed by atoms with Gasteiger partial charge in [0.1, 0.15) is 17.2 Å². The van der Waals surface area contributed by atoms with Gasteiger partial charge in [0.25, 0.3) is 0 Å². The maximum Gasteiger partial charge on any atom is 0.177 e. The van der Waals surface area contributed by atoms with Crippen molar-refractivity contribution in [1.29, 1.82) is 0 Å². The van der Waals surface area contributed by atoms with Crippen molar-refractivity contribution in [2.45, 2.75) is 6.42 Å². The zero-order valence-corrected chi connectivity index (χ0v) is 10.2. The Hall–Kier alpha value is -2.15. The molecule has 96 valence electrons. The lowest BCUT2D eigenvalue weighted by Crippen LogP contribution is -2.03. The van der Waals surface area contributed by atoms with E-state index in [1.807, 2.05) is 0 Å². The van der Waals surface area contributed by atoms with Crippen LogP contribution < -0.4 is 9.47 Å². The molecule has 0 atom stereocenters. The highest BCUT2D eigenvalue weighted by Gasteiger charge is 2.11. The Morgan fingerprint density at radius 2 is 2.11 bits per heavy atom. The van der Waals surface area contributed by atoms with Gasteiger partial charge in [-0.15, -0.1) is 15.0 Å². The molecule has 0 aliphatic rings. The van der Waals surface area contributed by atoms with Crippen molar-refractivity contribution in [3.8, 4) is 17.2 Å². The molecule has 0 fully saturated rings. The summed E-state index contributed by atoms with van der Waals surface area (Å²) in [6.45, 7) is -0.0130. The number of rotatable bonds is 5. The van der Waals surface area contributed by atoms with Gasteiger partial charge in [-0.3, -0.25) is 0 Å². The van der Waals surface area contributed by atoms with Gasteiger partial charge in [-0.2, -0.15) is 0 Å². The Labute approximate surface area is 104 Å². The normalized spacial score (nSPS) is 10.4. The number of benzene rings is 1. The molecule has 1 aromatic heterocycles. The summed E-state index contributed by atoms with van der Waals surface area (Å²) in [5.41, 5.74) is 0.633. The quantitative estimate of drug-likeness (QED) is 0.817. The molecule has 7 nitrogen and oxygen atoms in total. The van der Waals surface area contributed by atoms with Crippen molar-refractivity contribution in [1.82, 2.24) is 20.2 Å². The molecule has 0 bridgehead atoms. The third-order valence-electron chi connectivity index (χ3n) is 2.39. The number of aromatic nitrogens is 4. The molecule has 2 aromatic rings. The Balaban J connectivity index is 2.40. The number of tetrazole rings is 1. The summed E-state index contributed by atoms with van der Waals surface area (Å²) in [5, 5.41) is 20.7. The first-order valence-corrected chi connectivity index (χ1v) is 5.40. The minimum absolute atomic E-state index is 0.0130. The van der Waals surface area contributed by atoms with Crippen LogP contribution in [0.2, 0.25) is 0 Å². The molecule has 0 unspecified atom stereocenters. The Kier molecular flexibility index (Phi) is 3.73. The van der Waals surface area contributed by atoms with E-state index in [4.69, 9.17) is 14.6 Å². The molecule has 0 saturated heterocycles. The first kappa shape index (κ1) is 12.3. The van der Waals surface area contributed by atoms with Crippen LogP contribution in [0.15, 0.2) is 18.2 Å². The second-order valence-corrected chi connectivity index (χ2v) is 3.51. The molecule has 0 aliphatic heterocycles. The molecule has 1 aromatic carbocycles. The summed E-state index contributed by atoms with van der Waals surface area (Å²) in [5.74, 6) is 1.76. The smallest absolute Gasteiger partial charge is 0.177 e. The van der Waals surface area contributed by atoms with Gasteiger partial charge in [-0.1, -0.05) is 0 Å². The third kappa shape index (κ3) is 2.40. The summed E-state index contributed by atoms with van der Waals surface area (Å²) < 4.78 is 10.4. The zero-order chi connectivity index (χ0) is 13.0. The highest BCUT2D eigenvalue weighted by Crippen LogP contribution is 2.26. The van der Waals surface area contributed by atoms with Crippen LogP contribution in [0.5, 0.6) is 11.5 Å². The van der Waals surface area contributed by atoms with Crippen molar-refractivity contribution < 1.29 is 14.6 Å². The molecule has 0 saturated carbocycles. The molecular formula is C11H14N4O3. The van der Waals surface area contributed by atoms with Gasteiger partial charge in [0.05, 0.1) is 20.8 Å². The van der Waals surface area contributed by atoms with E-state index in [9.17, 15) is 0 Å². The number of hydrogen-bond donors (Lipinski definition) is 1. The van der Waals surface area contributed by atoms with Crippen LogP contribution in [-0.2, 0) is 6.42 Å². The average Bonchev–Trinajstić information content (AvgIpc) is 2.87. The minimum Gasteiger partial charge on any atom is -0.497 e. The zero-order valence-electron chi connectivity index (χ0n) is 10.2. The summed E-state index contributed by atoms with van der Waals surface area (Å²) in [6, 6.07) is 5.31. The van der Waals surface area contributed by atoms with E-state index < -0.39 is 0 Å². The van der Waals surface area contributed by atoms with Crippen molar-refractivity contribution >= 4 is 0 Å². The van der Waals surface area contributed by atoms with E-state index in [0.29, 0.717) is 29.4 Å². The second-order valence-electron chi connectivity index (χ2n) is 3.51. The van der Waals surface area contributed by atoms with E-state index in [2.05, 4.69) is 15.4 Å². The summed E-state index contributed by atoms with van der Waals surface area (Å²) in [7, 11) is 3.15. The highest BCUT2D eigenvalue weighted by atomic mass is 16.5. The molecule has 18 heavy (non-hydrogen) atoms. The van der Waals surface area contributed by atoms with Crippen molar-refractivity contribution in [3.63, 3.8) is 0 Å². The average molecular weight is 250 g/mol. The van der Waals surface area contributed by atoms with Gasteiger partial charge in [-0.05, 0) is 17.3 Å². The lowest BCUT2D eigenvalue weighted by Gasteiger charge is -2.08. The van der Waals surface area contributed by atoms with Crippen LogP contribution in [-0.4, -0.2) is 46.1 Å². The summed E-state index contributed by atoms with van der Waals surface area (Å²) in [6.07, 6.45) is 0.367. The predicted octanol–water partition coefficient (Wildman–Crippen LogP) is 0.214. The van der Waals surface area contributed by atoms with Crippen LogP contribution in [0.25, 0.3) is 5.69 Å².